The van der Waals surface area contributed by atoms with E-state index in [9.17, 15) is 13.6 Å². The molecule has 3 aromatic rings. The largest absolute Gasteiger partial charge is 0.330 e. The van der Waals surface area contributed by atoms with Crippen molar-refractivity contribution in [2.75, 3.05) is 11.4 Å². The number of amides is 1. The van der Waals surface area contributed by atoms with Crippen LogP contribution in [0.25, 0.3) is 11.2 Å². The molecule has 1 atom stereocenters. The van der Waals surface area contributed by atoms with Gasteiger partial charge in [0.15, 0.2) is 10.8 Å². The second-order valence-corrected chi connectivity index (χ2v) is 6.45. The lowest BCUT2D eigenvalue weighted by molar-refractivity contribution is -0.116. The summed E-state index contributed by atoms with van der Waals surface area (Å²) in [5.41, 5.74) is 0.887. The number of fused-ring (bicyclic) bond motifs is 1. The van der Waals surface area contributed by atoms with Crippen LogP contribution >= 0.6 is 11.8 Å². The van der Waals surface area contributed by atoms with E-state index in [0.29, 0.717) is 22.7 Å². The van der Waals surface area contributed by atoms with Crippen LogP contribution in [0.15, 0.2) is 35.9 Å². The average molecular weight is 347 g/mol. The molecule has 1 aliphatic heterocycles. The Morgan fingerprint density at radius 3 is 2.83 bits per heavy atom. The number of aromatic amines is 1. The van der Waals surface area contributed by atoms with E-state index in [-0.39, 0.29) is 18.1 Å². The Kier molecular flexibility index (Phi) is 3.64. The molecule has 0 aliphatic carbocycles. The highest BCUT2D eigenvalue weighted by Gasteiger charge is 2.36. The number of hydrogen-bond acceptors (Lipinski definition) is 5. The van der Waals surface area contributed by atoms with Crippen molar-refractivity contribution in [2.45, 2.75) is 16.8 Å². The lowest BCUT2D eigenvalue weighted by Gasteiger charge is -2.17. The van der Waals surface area contributed by atoms with Crippen molar-refractivity contribution < 1.29 is 13.6 Å². The summed E-state index contributed by atoms with van der Waals surface area (Å²) in [6.07, 6.45) is 3.46. The normalized spacial score (nSPS) is 17.8. The zero-order chi connectivity index (χ0) is 16.7. The molecule has 0 unspecified atom stereocenters. The van der Waals surface area contributed by atoms with Gasteiger partial charge in [-0.2, -0.15) is 0 Å². The molecular formula is C15H11F2N5OS. The second-order valence-electron chi connectivity index (χ2n) is 5.26. The van der Waals surface area contributed by atoms with Gasteiger partial charge in [-0.3, -0.25) is 4.79 Å². The number of imidazole rings is 1. The van der Waals surface area contributed by atoms with Gasteiger partial charge in [0.25, 0.3) is 0 Å². The van der Waals surface area contributed by atoms with E-state index >= 15 is 0 Å². The zero-order valence-corrected chi connectivity index (χ0v) is 13.1. The van der Waals surface area contributed by atoms with Crippen LogP contribution in [-0.4, -0.2) is 37.6 Å². The lowest BCUT2D eigenvalue weighted by atomic mass is 10.2. The summed E-state index contributed by atoms with van der Waals surface area (Å²) < 4.78 is 27.8. The molecule has 4 rings (SSSR count). The van der Waals surface area contributed by atoms with Crippen LogP contribution in [-0.2, 0) is 4.79 Å². The number of halogens is 2. The quantitative estimate of drug-likeness (QED) is 0.788. The molecule has 1 amide bonds. The summed E-state index contributed by atoms with van der Waals surface area (Å²) in [6, 6.07) is 3.56. The van der Waals surface area contributed by atoms with E-state index < -0.39 is 16.9 Å². The number of nitrogens with one attached hydrogen (secondary N) is 1. The fraction of sp³-hybridized carbons (Fsp3) is 0.200. The number of anilines is 1. The van der Waals surface area contributed by atoms with Gasteiger partial charge in [0.1, 0.15) is 29.2 Å². The Balaban J connectivity index is 1.57. The number of carbonyl (C=O) groups is 1. The van der Waals surface area contributed by atoms with E-state index in [1.54, 1.807) is 6.20 Å². The third-order valence-electron chi connectivity index (χ3n) is 3.76. The molecule has 0 saturated carbocycles. The Morgan fingerprint density at radius 1 is 1.29 bits per heavy atom. The van der Waals surface area contributed by atoms with Crippen LogP contribution in [0.2, 0.25) is 0 Å². The molecule has 1 N–H and O–H groups in total. The third-order valence-corrected chi connectivity index (χ3v) is 4.90. The first-order chi connectivity index (χ1) is 11.6. The van der Waals surface area contributed by atoms with Gasteiger partial charge in [-0.25, -0.2) is 23.7 Å². The van der Waals surface area contributed by atoms with Crippen LogP contribution < -0.4 is 4.90 Å². The maximum Gasteiger partial charge on any atom is 0.240 e. The lowest BCUT2D eigenvalue weighted by Crippen LogP contribution is -2.29. The highest BCUT2D eigenvalue weighted by atomic mass is 32.2. The molecule has 24 heavy (non-hydrogen) atoms. The summed E-state index contributed by atoms with van der Waals surface area (Å²) in [6.45, 7) is 0.258. The van der Waals surface area contributed by atoms with Crippen molar-refractivity contribution in [3.8, 4) is 0 Å². The number of nitrogens with zero attached hydrogens (tertiary/aromatic N) is 4. The van der Waals surface area contributed by atoms with Gasteiger partial charge in [-0.1, -0.05) is 17.8 Å². The van der Waals surface area contributed by atoms with Crippen LogP contribution in [0.4, 0.5) is 14.5 Å². The Bertz CT molecular complexity index is 878. The maximum atomic E-state index is 13.9. The van der Waals surface area contributed by atoms with Crippen molar-refractivity contribution >= 4 is 34.5 Å². The van der Waals surface area contributed by atoms with Crippen molar-refractivity contribution in [2.24, 2.45) is 0 Å². The first-order valence-electron chi connectivity index (χ1n) is 7.21. The van der Waals surface area contributed by atoms with E-state index in [1.165, 1.54) is 24.2 Å². The molecule has 3 heterocycles. The van der Waals surface area contributed by atoms with Crippen LogP contribution in [0.1, 0.15) is 6.42 Å². The fourth-order valence-corrected chi connectivity index (χ4v) is 3.69. The zero-order valence-electron chi connectivity index (χ0n) is 12.2. The van der Waals surface area contributed by atoms with Crippen LogP contribution in [0.3, 0.4) is 0 Å². The van der Waals surface area contributed by atoms with E-state index in [4.69, 9.17) is 0 Å². The number of rotatable bonds is 3. The van der Waals surface area contributed by atoms with Crippen molar-refractivity contribution in [3.63, 3.8) is 0 Å². The van der Waals surface area contributed by atoms with Gasteiger partial charge < -0.3 is 9.88 Å². The van der Waals surface area contributed by atoms with E-state index in [0.717, 1.165) is 17.0 Å². The minimum Gasteiger partial charge on any atom is -0.330 e. The van der Waals surface area contributed by atoms with Crippen molar-refractivity contribution in [1.29, 1.82) is 0 Å². The topological polar surface area (TPSA) is 74.8 Å². The summed E-state index contributed by atoms with van der Waals surface area (Å²) in [5, 5.41) is 0.0669. The molecule has 1 aromatic carbocycles. The molecule has 0 spiro atoms. The molecule has 122 valence electrons. The molecule has 1 fully saturated rings. The first kappa shape index (κ1) is 15.0. The molecule has 0 bridgehead atoms. The Hall–Kier alpha value is -2.55. The third kappa shape index (κ3) is 2.50. The van der Waals surface area contributed by atoms with E-state index in [1.807, 2.05) is 0 Å². The Morgan fingerprint density at radius 2 is 2.08 bits per heavy atom. The number of carbonyl (C=O) groups excluding carboxylic acids is 1. The average Bonchev–Trinajstić information content (AvgIpc) is 3.12. The molecule has 1 saturated heterocycles. The summed E-state index contributed by atoms with van der Waals surface area (Å²) >= 11 is 1.22. The van der Waals surface area contributed by atoms with Crippen molar-refractivity contribution in [1.82, 2.24) is 19.9 Å². The van der Waals surface area contributed by atoms with E-state index in [2.05, 4.69) is 19.9 Å². The number of H-pyrrole nitrogens is 1. The van der Waals surface area contributed by atoms with Gasteiger partial charge in [0.2, 0.25) is 5.91 Å². The number of para-hydroxylation sites is 1. The summed E-state index contributed by atoms with van der Waals surface area (Å²) in [7, 11) is 0. The predicted molar refractivity (Wildman–Crippen MR) is 84.7 cm³/mol. The fourth-order valence-electron chi connectivity index (χ4n) is 2.66. The van der Waals surface area contributed by atoms with Gasteiger partial charge >= 0.3 is 0 Å². The van der Waals surface area contributed by atoms with Gasteiger partial charge in [0.05, 0.1) is 11.4 Å². The summed E-state index contributed by atoms with van der Waals surface area (Å²) in [5.74, 6) is -1.82. The minimum absolute atomic E-state index is 0.258. The molecule has 0 radical (unpaired) electrons. The Labute approximate surface area is 139 Å². The molecular weight excluding hydrogens is 336 g/mol. The van der Waals surface area contributed by atoms with Crippen LogP contribution in [0.5, 0.6) is 0 Å². The number of thioether (sulfide) groups is 1. The second kappa shape index (κ2) is 5.82. The number of hydrogen-bond donors (Lipinski definition) is 1. The van der Waals surface area contributed by atoms with Gasteiger partial charge in [0, 0.05) is 6.54 Å². The molecule has 2 aromatic heterocycles. The highest BCUT2D eigenvalue weighted by Crippen LogP contribution is 2.34. The number of aromatic nitrogens is 4. The van der Waals surface area contributed by atoms with Crippen molar-refractivity contribution in [3.05, 3.63) is 42.4 Å². The minimum atomic E-state index is -0.743. The predicted octanol–water partition coefficient (Wildman–Crippen LogP) is 2.53. The standard InChI is InChI=1S/C15H11F2N5OS/c16-8-2-1-3-9(17)12(8)22-5-4-11(14(22)23)24-15-20-10-6-18-7-19-13(10)21-15/h1-3,6-7,11H,4-5H2,(H,18,19,20,21)/t11-/m1/s1. The molecule has 9 heteroatoms. The monoisotopic (exact) mass is 347 g/mol. The summed E-state index contributed by atoms with van der Waals surface area (Å²) in [4.78, 5) is 28.9. The smallest absolute Gasteiger partial charge is 0.240 e. The van der Waals surface area contributed by atoms with Gasteiger partial charge in [-0.05, 0) is 18.6 Å². The first-order valence-corrected chi connectivity index (χ1v) is 8.09. The highest BCUT2D eigenvalue weighted by molar-refractivity contribution is 8.00. The van der Waals surface area contributed by atoms with Crippen LogP contribution in [0, 0.1) is 11.6 Å². The maximum absolute atomic E-state index is 13.9. The molecule has 6 nitrogen and oxygen atoms in total. The molecule has 1 aliphatic rings. The number of benzene rings is 1. The SMILES string of the molecule is O=C1[C@H](Sc2nc3ncncc3[nH]2)CCN1c1c(F)cccc1F. The van der Waals surface area contributed by atoms with Gasteiger partial charge in [-0.15, -0.1) is 0 Å².